The molecule has 0 aliphatic heterocycles. The van der Waals surface area contributed by atoms with Gasteiger partial charge >= 0.3 is 0 Å². The molecule has 168 valence electrons. The maximum absolute atomic E-state index is 4.06. The Morgan fingerprint density at radius 3 is 2.19 bits per heavy atom. The zero-order valence-electron chi connectivity index (χ0n) is 21.1. The van der Waals surface area contributed by atoms with E-state index < -0.39 is 0 Å². The van der Waals surface area contributed by atoms with Crippen LogP contribution in [0.4, 0.5) is 0 Å². The summed E-state index contributed by atoms with van der Waals surface area (Å²) in [5, 5.41) is 0. The number of allylic oxidation sites excluding steroid dienone is 11. The van der Waals surface area contributed by atoms with Gasteiger partial charge in [0.25, 0.3) is 0 Å². The summed E-state index contributed by atoms with van der Waals surface area (Å²) < 4.78 is 0. The first-order chi connectivity index (χ1) is 15.0. The molecule has 0 radical (unpaired) electrons. The van der Waals surface area contributed by atoms with Gasteiger partial charge in [-0.2, -0.15) is 0 Å². The van der Waals surface area contributed by atoms with Crippen LogP contribution in [0.15, 0.2) is 84.5 Å². The second kappa shape index (κ2) is 7.91. The van der Waals surface area contributed by atoms with E-state index in [1.165, 1.54) is 27.8 Å². The fourth-order valence-electron chi connectivity index (χ4n) is 5.59. The van der Waals surface area contributed by atoms with Gasteiger partial charge in [-0.25, -0.2) is 0 Å². The summed E-state index contributed by atoms with van der Waals surface area (Å²) in [6.45, 7) is 20.5. The van der Waals surface area contributed by atoms with Gasteiger partial charge in [-0.3, -0.25) is 0 Å². The van der Waals surface area contributed by atoms with Gasteiger partial charge in [0.2, 0.25) is 0 Å². The monoisotopic (exact) mass is 424 g/mol. The van der Waals surface area contributed by atoms with Gasteiger partial charge < -0.3 is 0 Å². The van der Waals surface area contributed by atoms with Crippen LogP contribution in [-0.4, -0.2) is 0 Å². The molecule has 0 nitrogen and oxygen atoms in total. The van der Waals surface area contributed by atoms with Gasteiger partial charge in [-0.05, 0) is 57.1 Å². The molecule has 0 bridgehead atoms. The first-order valence-electron chi connectivity index (χ1n) is 12.2. The average Bonchev–Trinajstić information content (AvgIpc) is 3.36. The maximum atomic E-state index is 4.06. The van der Waals surface area contributed by atoms with E-state index >= 15 is 0 Å². The van der Waals surface area contributed by atoms with E-state index in [-0.39, 0.29) is 16.2 Å². The summed E-state index contributed by atoms with van der Waals surface area (Å²) in [4.78, 5) is 0. The zero-order chi connectivity index (χ0) is 23.3. The lowest BCUT2D eigenvalue weighted by atomic mass is 9.65. The second-order valence-corrected chi connectivity index (χ2v) is 12.1. The molecule has 0 heteroatoms. The average molecular weight is 425 g/mol. The van der Waals surface area contributed by atoms with Crippen molar-refractivity contribution in [1.82, 2.24) is 0 Å². The van der Waals surface area contributed by atoms with Crippen molar-refractivity contribution in [3.63, 3.8) is 0 Å². The maximum Gasteiger partial charge on any atom is 0.0282 e. The Labute approximate surface area is 196 Å². The molecule has 0 spiro atoms. The number of benzene rings is 1. The summed E-state index contributed by atoms with van der Waals surface area (Å²) in [5.41, 5.74) is 9.14. The molecule has 3 aliphatic rings. The minimum absolute atomic E-state index is 0.0255. The van der Waals surface area contributed by atoms with Gasteiger partial charge in [0.1, 0.15) is 0 Å². The van der Waals surface area contributed by atoms with E-state index in [0.29, 0.717) is 11.8 Å². The molecule has 2 unspecified atom stereocenters. The molecule has 4 rings (SSSR count). The van der Waals surface area contributed by atoms with Crippen molar-refractivity contribution >= 4 is 5.57 Å². The summed E-state index contributed by atoms with van der Waals surface area (Å²) in [5.74, 6) is 0.768. The molecular formula is C32H40. The van der Waals surface area contributed by atoms with Crippen molar-refractivity contribution in [2.24, 2.45) is 16.7 Å². The van der Waals surface area contributed by atoms with Crippen LogP contribution >= 0.6 is 0 Å². The van der Waals surface area contributed by atoms with Crippen LogP contribution in [0.2, 0.25) is 0 Å². The van der Waals surface area contributed by atoms with Crippen molar-refractivity contribution in [3.05, 3.63) is 101 Å². The molecule has 0 aromatic heterocycles. The molecular weight excluding hydrogens is 384 g/mol. The lowest BCUT2D eigenvalue weighted by molar-refractivity contribution is 0.350. The molecule has 0 heterocycles. The van der Waals surface area contributed by atoms with Gasteiger partial charge in [-0.15, -0.1) is 6.58 Å². The Balaban J connectivity index is 2.00. The molecule has 32 heavy (non-hydrogen) atoms. The van der Waals surface area contributed by atoms with Gasteiger partial charge in [0, 0.05) is 17.3 Å². The molecule has 0 fully saturated rings. The first-order valence-corrected chi connectivity index (χ1v) is 12.2. The number of hydrogen-bond acceptors (Lipinski definition) is 0. The van der Waals surface area contributed by atoms with Crippen LogP contribution in [0.3, 0.4) is 0 Å². The fourth-order valence-corrected chi connectivity index (χ4v) is 5.59. The predicted octanol–water partition coefficient (Wildman–Crippen LogP) is 9.09. The van der Waals surface area contributed by atoms with E-state index in [1.807, 2.05) is 0 Å². The molecule has 0 saturated carbocycles. The minimum Gasteiger partial charge on any atom is -0.103 e. The lowest BCUT2D eigenvalue weighted by Gasteiger charge is -2.38. The second-order valence-electron chi connectivity index (χ2n) is 12.1. The molecule has 0 N–H and O–H groups in total. The standard InChI is InChI=1S/C32H40/c1-9-10-19-32(8,22-13-11-12-14-22)29-27-20-23(30(2,3)4)15-17-25(27)26-18-16-24(21-28(26)29)31(5,6)7/h9,11-18,20-22,25H,1,10,19H2,2-8H3. The van der Waals surface area contributed by atoms with E-state index in [0.717, 1.165) is 12.8 Å². The topological polar surface area (TPSA) is 0 Å². The molecule has 0 saturated heterocycles. The van der Waals surface area contributed by atoms with Crippen LogP contribution in [-0.2, 0) is 5.41 Å². The number of hydrogen-bond donors (Lipinski definition) is 0. The van der Waals surface area contributed by atoms with Crippen molar-refractivity contribution < 1.29 is 0 Å². The Kier molecular flexibility index (Phi) is 5.64. The molecule has 2 atom stereocenters. The van der Waals surface area contributed by atoms with Crippen LogP contribution in [0, 0.1) is 16.7 Å². The third kappa shape index (κ3) is 3.83. The number of fused-ring (bicyclic) bond motifs is 3. The van der Waals surface area contributed by atoms with Crippen LogP contribution in [0.1, 0.15) is 83.9 Å². The highest BCUT2D eigenvalue weighted by atomic mass is 14.5. The molecule has 3 aliphatic carbocycles. The van der Waals surface area contributed by atoms with Crippen LogP contribution in [0.25, 0.3) is 5.57 Å². The largest absolute Gasteiger partial charge is 0.103 e. The summed E-state index contributed by atoms with van der Waals surface area (Å²) in [7, 11) is 0. The minimum atomic E-state index is 0.0255. The molecule has 1 aromatic rings. The summed E-state index contributed by atoms with van der Waals surface area (Å²) in [6, 6.07) is 7.26. The highest BCUT2D eigenvalue weighted by Gasteiger charge is 2.44. The van der Waals surface area contributed by atoms with E-state index in [2.05, 4.69) is 122 Å². The SMILES string of the molecule is C=CCCC(C)(C1=C2C=C(C(C)(C)C)C=CC2c2ccc(C(C)(C)C)cc21)C1C=CC=C1. The van der Waals surface area contributed by atoms with Crippen molar-refractivity contribution in [2.45, 2.75) is 72.6 Å². The van der Waals surface area contributed by atoms with E-state index in [9.17, 15) is 0 Å². The summed E-state index contributed by atoms with van der Waals surface area (Å²) >= 11 is 0. The van der Waals surface area contributed by atoms with Gasteiger partial charge in [0.15, 0.2) is 0 Å². The Hall–Kier alpha value is -2.34. The van der Waals surface area contributed by atoms with Gasteiger partial charge in [-0.1, -0.05) is 115 Å². The van der Waals surface area contributed by atoms with Crippen molar-refractivity contribution in [2.75, 3.05) is 0 Å². The number of rotatable bonds is 5. The van der Waals surface area contributed by atoms with Crippen LogP contribution in [0.5, 0.6) is 0 Å². The Morgan fingerprint density at radius 2 is 1.59 bits per heavy atom. The summed E-state index contributed by atoms with van der Waals surface area (Å²) in [6.07, 6.45) is 20.8. The molecule has 0 amide bonds. The van der Waals surface area contributed by atoms with E-state index in [1.54, 1.807) is 5.57 Å². The normalized spacial score (nSPS) is 22.1. The smallest absolute Gasteiger partial charge is 0.0282 e. The van der Waals surface area contributed by atoms with E-state index in [4.69, 9.17) is 0 Å². The third-order valence-corrected chi connectivity index (χ3v) is 7.72. The fraction of sp³-hybridized carbons (Fsp3) is 0.438. The van der Waals surface area contributed by atoms with Crippen molar-refractivity contribution in [1.29, 1.82) is 0 Å². The highest BCUT2D eigenvalue weighted by molar-refractivity contribution is 5.86. The highest BCUT2D eigenvalue weighted by Crippen LogP contribution is 2.58. The molecule has 1 aromatic carbocycles. The quantitative estimate of drug-likeness (QED) is 0.413. The Bertz CT molecular complexity index is 1060. The Morgan fingerprint density at radius 1 is 0.906 bits per heavy atom. The predicted molar refractivity (Wildman–Crippen MR) is 141 cm³/mol. The van der Waals surface area contributed by atoms with Crippen LogP contribution < -0.4 is 0 Å². The zero-order valence-corrected chi connectivity index (χ0v) is 21.1. The lowest BCUT2D eigenvalue weighted by Crippen LogP contribution is -2.27. The first kappa shape index (κ1) is 22.8. The van der Waals surface area contributed by atoms with Gasteiger partial charge in [0.05, 0.1) is 0 Å². The van der Waals surface area contributed by atoms with Crippen molar-refractivity contribution in [3.8, 4) is 0 Å². The third-order valence-electron chi connectivity index (χ3n) is 7.72.